The Morgan fingerprint density at radius 2 is 2.00 bits per heavy atom. The number of piperazine rings is 1. The minimum absolute atomic E-state index is 0.0187. The van der Waals surface area contributed by atoms with Gasteiger partial charge in [0.05, 0.1) is 47.1 Å². The average molecular weight is 378 g/mol. The molecule has 0 N–H and O–H groups in total. The van der Waals surface area contributed by atoms with Crippen molar-refractivity contribution < 1.29 is 12.8 Å². The molecule has 8 heteroatoms. The highest BCUT2D eigenvalue weighted by molar-refractivity contribution is 7.91. The van der Waals surface area contributed by atoms with E-state index in [-0.39, 0.29) is 17.5 Å². The van der Waals surface area contributed by atoms with Gasteiger partial charge in [0.1, 0.15) is 0 Å². The highest BCUT2D eigenvalue weighted by Gasteiger charge is 2.32. The molecular formula is C18H26N4O3S. The SMILES string of the molecule is Cc1nn(C2CCS(=O)(=O)C2)c(C)c1N1CCN(Cc2ccoc2)CC1. The first kappa shape index (κ1) is 17.6. The fourth-order valence-electron chi connectivity index (χ4n) is 4.21. The maximum Gasteiger partial charge on any atom is 0.152 e. The molecule has 7 nitrogen and oxygen atoms in total. The molecule has 0 bridgehead atoms. The summed E-state index contributed by atoms with van der Waals surface area (Å²) in [6.45, 7) is 8.90. The molecule has 26 heavy (non-hydrogen) atoms. The van der Waals surface area contributed by atoms with Gasteiger partial charge in [-0.15, -0.1) is 0 Å². The van der Waals surface area contributed by atoms with Crippen molar-refractivity contribution >= 4 is 15.5 Å². The Kier molecular flexibility index (Phi) is 4.56. The first-order valence-corrected chi connectivity index (χ1v) is 11.0. The summed E-state index contributed by atoms with van der Waals surface area (Å²) in [5, 5.41) is 4.70. The minimum atomic E-state index is -2.91. The van der Waals surface area contributed by atoms with Crippen molar-refractivity contribution in [2.45, 2.75) is 32.9 Å². The summed E-state index contributed by atoms with van der Waals surface area (Å²) >= 11 is 0. The third-order valence-electron chi connectivity index (χ3n) is 5.52. The number of furan rings is 1. The van der Waals surface area contributed by atoms with Crippen molar-refractivity contribution in [1.82, 2.24) is 14.7 Å². The van der Waals surface area contributed by atoms with E-state index >= 15 is 0 Å². The number of sulfone groups is 1. The Labute approximate surface area is 154 Å². The van der Waals surface area contributed by atoms with Gasteiger partial charge in [-0.05, 0) is 26.3 Å². The Balaban J connectivity index is 1.45. The van der Waals surface area contributed by atoms with E-state index in [4.69, 9.17) is 9.52 Å². The predicted octanol–water partition coefficient (Wildman–Crippen LogP) is 1.77. The van der Waals surface area contributed by atoms with Crippen molar-refractivity contribution in [3.8, 4) is 0 Å². The van der Waals surface area contributed by atoms with E-state index in [1.54, 1.807) is 12.5 Å². The van der Waals surface area contributed by atoms with Gasteiger partial charge >= 0.3 is 0 Å². The Hall–Kier alpha value is -1.80. The molecule has 0 spiro atoms. The summed E-state index contributed by atoms with van der Waals surface area (Å²) < 4.78 is 30.7. The topological polar surface area (TPSA) is 71.6 Å². The molecule has 0 amide bonds. The third kappa shape index (κ3) is 3.40. The summed E-state index contributed by atoms with van der Waals surface area (Å²) in [5.74, 6) is 0.491. The molecule has 2 aliphatic heterocycles. The predicted molar refractivity (Wildman–Crippen MR) is 100 cm³/mol. The first-order valence-electron chi connectivity index (χ1n) is 9.17. The van der Waals surface area contributed by atoms with Gasteiger partial charge in [-0.3, -0.25) is 9.58 Å². The fraction of sp³-hybridized carbons (Fsp3) is 0.611. The quantitative estimate of drug-likeness (QED) is 0.808. The zero-order valence-corrected chi connectivity index (χ0v) is 16.2. The van der Waals surface area contributed by atoms with Gasteiger partial charge in [0.2, 0.25) is 0 Å². The smallest absolute Gasteiger partial charge is 0.152 e. The van der Waals surface area contributed by atoms with Crippen LogP contribution in [0.4, 0.5) is 5.69 Å². The summed E-state index contributed by atoms with van der Waals surface area (Å²) in [4.78, 5) is 4.82. The third-order valence-corrected chi connectivity index (χ3v) is 7.27. The molecule has 2 aromatic heterocycles. The normalized spacial score (nSPS) is 23.6. The van der Waals surface area contributed by atoms with Gasteiger partial charge in [0.25, 0.3) is 0 Å². The van der Waals surface area contributed by atoms with Gasteiger partial charge in [-0.25, -0.2) is 8.42 Å². The maximum absolute atomic E-state index is 11.8. The fourth-order valence-corrected chi connectivity index (χ4v) is 5.90. The van der Waals surface area contributed by atoms with Crippen molar-refractivity contribution in [1.29, 1.82) is 0 Å². The van der Waals surface area contributed by atoms with Crippen LogP contribution in [0.25, 0.3) is 0 Å². The molecule has 2 fully saturated rings. The number of hydrogen-bond acceptors (Lipinski definition) is 6. The van der Waals surface area contributed by atoms with E-state index in [2.05, 4.69) is 16.7 Å². The maximum atomic E-state index is 11.8. The van der Waals surface area contributed by atoms with Gasteiger partial charge < -0.3 is 9.32 Å². The Bertz CT molecular complexity index is 865. The van der Waals surface area contributed by atoms with Gasteiger partial charge in [-0.1, -0.05) is 0 Å². The Morgan fingerprint density at radius 1 is 1.23 bits per heavy atom. The summed E-state index contributed by atoms with van der Waals surface area (Å²) in [6.07, 6.45) is 4.19. The van der Waals surface area contributed by atoms with E-state index in [1.807, 2.05) is 17.7 Å². The molecule has 2 aromatic rings. The van der Waals surface area contributed by atoms with Crippen molar-refractivity contribution in [2.75, 3.05) is 42.6 Å². The van der Waals surface area contributed by atoms with E-state index in [0.29, 0.717) is 6.42 Å². The van der Waals surface area contributed by atoms with Crippen LogP contribution in [0.2, 0.25) is 0 Å². The molecule has 2 saturated heterocycles. The van der Waals surface area contributed by atoms with Crippen molar-refractivity contribution in [3.05, 3.63) is 35.5 Å². The zero-order chi connectivity index (χ0) is 18.3. The van der Waals surface area contributed by atoms with Crippen LogP contribution in [0.1, 0.15) is 29.4 Å². The number of hydrogen-bond donors (Lipinski definition) is 0. The van der Waals surface area contributed by atoms with Gasteiger partial charge in [-0.2, -0.15) is 5.10 Å². The molecule has 1 atom stereocenters. The number of nitrogens with zero attached hydrogens (tertiary/aromatic N) is 4. The molecule has 0 radical (unpaired) electrons. The largest absolute Gasteiger partial charge is 0.472 e. The van der Waals surface area contributed by atoms with Crippen LogP contribution in [0, 0.1) is 13.8 Å². The van der Waals surface area contributed by atoms with E-state index in [9.17, 15) is 8.42 Å². The molecule has 2 aliphatic rings. The van der Waals surface area contributed by atoms with Crippen LogP contribution in [-0.4, -0.2) is 60.8 Å². The second-order valence-electron chi connectivity index (χ2n) is 7.42. The standard InChI is InChI=1S/C18H26N4O3S/c1-14-18(15(2)22(19-14)17-4-10-26(23,24)13-17)21-7-5-20(6-8-21)11-16-3-9-25-12-16/h3,9,12,17H,4-8,10-11,13H2,1-2H3. The van der Waals surface area contributed by atoms with Gasteiger partial charge in [0.15, 0.2) is 9.84 Å². The molecule has 0 aliphatic carbocycles. The van der Waals surface area contributed by atoms with Crippen LogP contribution in [0.3, 0.4) is 0 Å². The minimum Gasteiger partial charge on any atom is -0.472 e. The van der Waals surface area contributed by atoms with E-state index < -0.39 is 9.84 Å². The van der Waals surface area contributed by atoms with Gasteiger partial charge in [0, 0.05) is 38.3 Å². The van der Waals surface area contributed by atoms with Crippen molar-refractivity contribution in [3.63, 3.8) is 0 Å². The highest BCUT2D eigenvalue weighted by atomic mass is 32.2. The number of aromatic nitrogens is 2. The van der Waals surface area contributed by atoms with Crippen LogP contribution in [0.5, 0.6) is 0 Å². The number of rotatable bonds is 4. The van der Waals surface area contributed by atoms with Crippen LogP contribution in [-0.2, 0) is 16.4 Å². The molecular weight excluding hydrogens is 352 g/mol. The molecule has 0 aromatic carbocycles. The molecule has 4 rings (SSSR count). The second kappa shape index (κ2) is 6.74. The zero-order valence-electron chi connectivity index (χ0n) is 15.4. The van der Waals surface area contributed by atoms with Crippen LogP contribution in [0.15, 0.2) is 23.0 Å². The molecule has 4 heterocycles. The monoisotopic (exact) mass is 378 g/mol. The lowest BCUT2D eigenvalue weighted by Gasteiger charge is -2.36. The second-order valence-corrected chi connectivity index (χ2v) is 9.64. The highest BCUT2D eigenvalue weighted by Crippen LogP contribution is 2.31. The molecule has 1 unspecified atom stereocenters. The van der Waals surface area contributed by atoms with E-state index in [0.717, 1.165) is 44.1 Å². The lowest BCUT2D eigenvalue weighted by Crippen LogP contribution is -2.46. The van der Waals surface area contributed by atoms with E-state index in [1.165, 1.54) is 11.3 Å². The summed E-state index contributed by atoms with van der Waals surface area (Å²) in [5.41, 5.74) is 4.47. The molecule has 142 valence electrons. The lowest BCUT2D eigenvalue weighted by atomic mass is 10.2. The summed E-state index contributed by atoms with van der Waals surface area (Å²) in [6, 6.07) is 2.00. The average Bonchev–Trinajstić information content (AvgIpc) is 3.29. The Morgan fingerprint density at radius 3 is 2.62 bits per heavy atom. The summed E-state index contributed by atoms with van der Waals surface area (Å²) in [7, 11) is -2.91. The van der Waals surface area contributed by atoms with Crippen LogP contribution >= 0.6 is 0 Å². The molecule has 0 saturated carbocycles. The van der Waals surface area contributed by atoms with Crippen LogP contribution < -0.4 is 4.90 Å². The number of anilines is 1. The van der Waals surface area contributed by atoms with Crippen molar-refractivity contribution in [2.24, 2.45) is 0 Å². The lowest BCUT2D eigenvalue weighted by molar-refractivity contribution is 0.249. The number of aryl methyl sites for hydroxylation is 1. The first-order chi connectivity index (χ1) is 12.4.